The molecule has 8 rings (SSSR count). The highest BCUT2D eigenvalue weighted by Gasteiger charge is 2.68. The molecule has 1 aromatic carbocycles. The third-order valence-corrected chi connectivity index (χ3v) is 14.0. The molecule has 6 aliphatic rings. The van der Waals surface area contributed by atoms with Crippen molar-refractivity contribution in [1.82, 2.24) is 9.78 Å². The molecule has 0 spiro atoms. The number of thioether (sulfide) groups is 1. The number of hydrogen-bond acceptors (Lipinski definition) is 8. The molecule has 4 N–H and O–H groups in total. The molecule has 3 heterocycles. The highest BCUT2D eigenvalue weighted by Crippen LogP contribution is 2.70. The summed E-state index contributed by atoms with van der Waals surface area (Å²) in [5.74, 6) is 1.25. The first-order chi connectivity index (χ1) is 21.3. The van der Waals surface area contributed by atoms with E-state index < -0.39 is 16.9 Å². The van der Waals surface area contributed by atoms with Gasteiger partial charge in [0.2, 0.25) is 0 Å². The van der Waals surface area contributed by atoms with E-state index in [1.165, 1.54) is 16.8 Å². The summed E-state index contributed by atoms with van der Waals surface area (Å²) in [7, 11) is 0. The lowest BCUT2D eigenvalue weighted by Gasteiger charge is -2.61. The number of nitrogens with one attached hydrogen (secondary N) is 2. The summed E-state index contributed by atoms with van der Waals surface area (Å²) >= 11 is 1.56. The van der Waals surface area contributed by atoms with Crippen LogP contribution in [0.1, 0.15) is 76.1 Å². The van der Waals surface area contributed by atoms with Gasteiger partial charge in [0.05, 0.1) is 53.2 Å². The molecule has 0 amide bonds. The first kappa shape index (κ1) is 29.1. The van der Waals surface area contributed by atoms with E-state index in [2.05, 4.69) is 41.4 Å². The van der Waals surface area contributed by atoms with Gasteiger partial charge >= 0.3 is 0 Å². The van der Waals surface area contributed by atoms with Crippen molar-refractivity contribution < 1.29 is 19.7 Å². The molecule has 4 aliphatic carbocycles. The number of Topliss-reactive ketones (excluding diaryl/α,β-unsaturated/α-hetero) is 1. The van der Waals surface area contributed by atoms with Crippen LogP contribution in [0.25, 0.3) is 6.08 Å². The predicted molar refractivity (Wildman–Crippen MR) is 173 cm³/mol. The number of carbonyl (C=O) groups excluding carboxylic acids is 1. The summed E-state index contributed by atoms with van der Waals surface area (Å²) in [5, 5.41) is 34.9. The first-order valence-corrected chi connectivity index (χ1v) is 17.7. The number of aromatic nitrogens is 2. The van der Waals surface area contributed by atoms with Crippen LogP contribution in [0.4, 0.5) is 11.4 Å². The van der Waals surface area contributed by atoms with E-state index in [0.717, 1.165) is 63.1 Å². The van der Waals surface area contributed by atoms with Crippen LogP contribution in [-0.2, 0) is 16.0 Å². The molecular weight excluding hydrogens is 572 g/mol. The number of anilines is 2. The Bertz CT molecular complexity index is 1460. The van der Waals surface area contributed by atoms with Gasteiger partial charge in [0.25, 0.3) is 0 Å². The van der Waals surface area contributed by atoms with Gasteiger partial charge in [0.15, 0.2) is 5.78 Å². The minimum Gasteiger partial charge on any atom is -0.395 e. The second kappa shape index (κ2) is 10.6. The number of ether oxygens (including phenoxy) is 1. The van der Waals surface area contributed by atoms with Crippen molar-refractivity contribution in [2.75, 3.05) is 36.2 Å². The summed E-state index contributed by atoms with van der Waals surface area (Å²) < 4.78 is 7.86. The number of allylic oxidation sites excluding steroid dienone is 1. The Morgan fingerprint density at radius 3 is 2.61 bits per heavy atom. The molecule has 8 nitrogen and oxygen atoms in total. The van der Waals surface area contributed by atoms with Gasteiger partial charge in [0.1, 0.15) is 5.50 Å². The number of ketones is 1. The highest BCUT2D eigenvalue weighted by molar-refractivity contribution is 8.00. The maximum absolute atomic E-state index is 14.2. The van der Waals surface area contributed by atoms with Crippen LogP contribution in [0, 0.1) is 34.0 Å². The number of para-hydroxylation sites is 2. The largest absolute Gasteiger partial charge is 0.395 e. The Balaban J connectivity index is 1.03. The molecule has 7 unspecified atom stereocenters. The first-order valence-electron chi connectivity index (χ1n) is 16.7. The Kier molecular flexibility index (Phi) is 7.02. The third-order valence-electron chi connectivity index (χ3n) is 13.0. The van der Waals surface area contributed by atoms with Gasteiger partial charge in [-0.3, -0.25) is 9.48 Å². The second-order valence-corrected chi connectivity index (χ2v) is 16.0. The van der Waals surface area contributed by atoms with Gasteiger partial charge in [-0.05, 0) is 104 Å². The lowest BCUT2D eigenvalue weighted by molar-refractivity contribution is -0.163. The number of fused-ring (bicyclic) bond motifs is 7. The lowest BCUT2D eigenvalue weighted by Crippen LogP contribution is -2.60. The van der Waals surface area contributed by atoms with Crippen LogP contribution in [0.5, 0.6) is 0 Å². The van der Waals surface area contributed by atoms with Crippen LogP contribution in [-0.4, -0.2) is 63.0 Å². The lowest BCUT2D eigenvalue weighted by atomic mass is 9.44. The van der Waals surface area contributed by atoms with Crippen molar-refractivity contribution in [2.45, 2.75) is 82.9 Å². The molecule has 236 valence electrons. The van der Waals surface area contributed by atoms with Crippen LogP contribution in [0.2, 0.25) is 0 Å². The van der Waals surface area contributed by atoms with Crippen molar-refractivity contribution in [1.29, 1.82) is 0 Å². The number of aliphatic hydroxyl groups is 2. The highest BCUT2D eigenvalue weighted by atomic mass is 32.2. The number of carbonyl (C=O) groups is 1. The normalized spacial score (nSPS) is 38.0. The van der Waals surface area contributed by atoms with Gasteiger partial charge in [-0.15, -0.1) is 11.8 Å². The van der Waals surface area contributed by atoms with Gasteiger partial charge < -0.3 is 25.6 Å². The molecule has 7 atom stereocenters. The molecule has 0 bridgehead atoms. The molecule has 3 saturated carbocycles. The monoisotopic (exact) mass is 618 g/mol. The average Bonchev–Trinajstić information content (AvgIpc) is 3.71. The van der Waals surface area contributed by atoms with Crippen molar-refractivity contribution in [3.63, 3.8) is 0 Å². The van der Waals surface area contributed by atoms with Crippen LogP contribution < -0.4 is 10.6 Å². The Hall–Kier alpha value is -2.33. The van der Waals surface area contributed by atoms with Crippen molar-refractivity contribution >= 4 is 35.0 Å². The Morgan fingerprint density at radius 1 is 1.14 bits per heavy atom. The number of hydrogen-bond donors (Lipinski definition) is 4. The molecule has 4 fully saturated rings. The molecule has 1 aromatic heterocycles. The topological polar surface area (TPSA) is 109 Å². The number of rotatable bonds is 6. The maximum atomic E-state index is 14.2. The zero-order chi connectivity index (χ0) is 30.3. The molecule has 9 heteroatoms. The van der Waals surface area contributed by atoms with E-state index in [0.29, 0.717) is 36.5 Å². The van der Waals surface area contributed by atoms with Crippen LogP contribution >= 0.6 is 11.8 Å². The average molecular weight is 619 g/mol. The summed E-state index contributed by atoms with van der Waals surface area (Å²) in [5.41, 5.74) is 4.67. The van der Waals surface area contributed by atoms with Crippen LogP contribution in [0.3, 0.4) is 0 Å². The minimum atomic E-state index is -0.816. The number of benzene rings is 1. The van der Waals surface area contributed by atoms with Gasteiger partial charge in [-0.25, -0.2) is 0 Å². The molecular formula is C35H46N4O4S. The summed E-state index contributed by atoms with van der Waals surface area (Å²) in [4.78, 5) is 14.2. The van der Waals surface area contributed by atoms with Crippen molar-refractivity contribution in [3.05, 3.63) is 47.3 Å². The summed E-state index contributed by atoms with van der Waals surface area (Å²) in [6, 6.07) is 8.48. The van der Waals surface area contributed by atoms with E-state index in [1.54, 1.807) is 11.8 Å². The van der Waals surface area contributed by atoms with E-state index >= 15 is 0 Å². The third kappa shape index (κ3) is 4.14. The molecule has 44 heavy (non-hydrogen) atoms. The fraction of sp³-hybridized carbons (Fsp3) is 0.657. The van der Waals surface area contributed by atoms with E-state index in [-0.39, 0.29) is 29.2 Å². The Morgan fingerprint density at radius 2 is 1.89 bits per heavy atom. The van der Waals surface area contributed by atoms with E-state index in [1.807, 2.05) is 24.3 Å². The van der Waals surface area contributed by atoms with Crippen LogP contribution in [0.15, 0.2) is 36.0 Å². The minimum absolute atomic E-state index is 0.0751. The zero-order valence-corrected chi connectivity index (χ0v) is 26.7. The van der Waals surface area contributed by atoms with Crippen molar-refractivity contribution in [2.24, 2.45) is 34.0 Å². The van der Waals surface area contributed by atoms with Gasteiger partial charge in [-0.2, -0.15) is 5.10 Å². The van der Waals surface area contributed by atoms with Gasteiger partial charge in [-0.1, -0.05) is 31.6 Å². The van der Waals surface area contributed by atoms with Gasteiger partial charge in [0, 0.05) is 13.2 Å². The van der Waals surface area contributed by atoms with E-state index in [4.69, 9.17) is 9.84 Å². The number of aliphatic hydroxyl groups excluding tert-OH is 2. The molecule has 1 saturated heterocycles. The smallest absolute Gasteiger partial charge is 0.151 e. The predicted octanol–water partition coefficient (Wildman–Crippen LogP) is 5.49. The fourth-order valence-corrected chi connectivity index (χ4v) is 11.8. The summed E-state index contributed by atoms with van der Waals surface area (Å²) in [6.07, 6.45) is 11.1. The summed E-state index contributed by atoms with van der Waals surface area (Å²) in [6.45, 7) is 6.04. The molecule has 2 aliphatic heterocycles. The quantitative estimate of drug-likeness (QED) is 0.337. The van der Waals surface area contributed by atoms with Crippen molar-refractivity contribution in [3.8, 4) is 0 Å². The SMILES string of the molecule is CC12Cc3cnn(C4CCOCC4)c3C=C1CCC1C2C(O)CC2(C)C1CCC2(CO)C(=O)CSC1Nc2ccccc2N1. The maximum Gasteiger partial charge on any atom is 0.151 e. The fourth-order valence-electron chi connectivity index (χ4n) is 10.8. The molecule has 0 radical (unpaired) electrons. The van der Waals surface area contributed by atoms with E-state index in [9.17, 15) is 15.0 Å². The zero-order valence-electron chi connectivity index (χ0n) is 25.9. The number of nitrogens with zero attached hydrogens (tertiary/aromatic N) is 2. The molecule has 2 aromatic rings. The standard InChI is InChI=1S/C35H46N4O4S/c1-33-16-21-18-36-39(23-10-13-43-14-11-23)28(21)15-22(33)7-8-24-25-9-12-35(20-40,34(25,2)17-29(41)31(24)33)30(42)19-44-32-37-26-5-3-4-6-27(26)38-32/h3-6,15,18,23-25,29,31-32,37-38,40-41H,7-14,16-17,19-20H2,1-2H3. The second-order valence-electron chi connectivity index (χ2n) is 14.9. The Labute approximate surface area is 264 Å².